The number of hydrogen-bond donors (Lipinski definition) is 1. The van der Waals surface area contributed by atoms with Gasteiger partial charge in [0.1, 0.15) is 29.1 Å². The molecule has 0 radical (unpaired) electrons. The second-order valence-electron chi connectivity index (χ2n) is 6.73. The number of Topliss-reactive ketones (excluding diaryl/α,β-unsaturated/α-hetero) is 1. The Morgan fingerprint density at radius 3 is 2.42 bits per heavy atom. The zero-order valence-electron chi connectivity index (χ0n) is 16.7. The van der Waals surface area contributed by atoms with Gasteiger partial charge in [0.05, 0.1) is 31.6 Å². The van der Waals surface area contributed by atoms with Gasteiger partial charge in [-0.1, -0.05) is 11.6 Å². The van der Waals surface area contributed by atoms with Gasteiger partial charge in [-0.2, -0.15) is 0 Å². The molecule has 1 unspecified atom stereocenters. The number of carbonyl (C=O) groups excluding carboxylic acids is 2. The summed E-state index contributed by atoms with van der Waals surface area (Å²) in [5.74, 6) is -0.840. The number of nitrogens with zero attached hydrogens (tertiary/aromatic N) is 1. The molecule has 1 amide bonds. The molecule has 0 saturated carbocycles. The van der Waals surface area contributed by atoms with Gasteiger partial charge in [-0.15, -0.1) is 0 Å². The highest BCUT2D eigenvalue weighted by Gasteiger charge is 2.48. The summed E-state index contributed by atoms with van der Waals surface area (Å²) >= 11 is 6.10. The molecule has 1 N–H and O–H groups in total. The van der Waals surface area contributed by atoms with Crippen LogP contribution in [0.1, 0.15) is 17.4 Å². The summed E-state index contributed by atoms with van der Waals surface area (Å²) in [6.07, 6.45) is 1.43. The zero-order chi connectivity index (χ0) is 22.1. The second kappa shape index (κ2) is 8.20. The molecule has 1 aliphatic rings. The molecule has 2 aromatic carbocycles. The van der Waals surface area contributed by atoms with Gasteiger partial charge in [-0.3, -0.25) is 14.5 Å². The van der Waals surface area contributed by atoms with Crippen molar-refractivity contribution in [3.63, 3.8) is 0 Å². The van der Waals surface area contributed by atoms with E-state index in [9.17, 15) is 14.7 Å². The Hall–Kier alpha value is -3.71. The number of ketones is 1. The van der Waals surface area contributed by atoms with E-state index in [1.54, 1.807) is 48.5 Å². The van der Waals surface area contributed by atoms with E-state index < -0.39 is 23.5 Å². The standard InChI is InChI=1S/C23H18ClNO6/c1-29-15-8-6-14(7-9-15)25-20(18-4-3-11-31-18)19(22(27)23(25)28)21(26)16-12-13(24)5-10-17(16)30-2/h3-12,20,26H,1-2H3/b21-19-. The normalized spacial score (nSPS) is 17.8. The monoisotopic (exact) mass is 439 g/mol. The average Bonchev–Trinajstić information content (AvgIpc) is 3.40. The van der Waals surface area contributed by atoms with Gasteiger partial charge in [-0.05, 0) is 54.6 Å². The van der Waals surface area contributed by atoms with E-state index in [0.717, 1.165) is 0 Å². The number of halogens is 1. The summed E-state index contributed by atoms with van der Waals surface area (Å²) < 4.78 is 16.0. The number of benzene rings is 2. The van der Waals surface area contributed by atoms with Crippen molar-refractivity contribution in [3.05, 3.63) is 82.8 Å². The second-order valence-corrected chi connectivity index (χ2v) is 7.16. The zero-order valence-corrected chi connectivity index (χ0v) is 17.4. The van der Waals surface area contributed by atoms with Crippen LogP contribution in [-0.4, -0.2) is 31.0 Å². The van der Waals surface area contributed by atoms with Gasteiger partial charge in [0, 0.05) is 10.7 Å². The molecule has 1 fully saturated rings. The topological polar surface area (TPSA) is 89.2 Å². The lowest BCUT2D eigenvalue weighted by atomic mass is 9.98. The highest BCUT2D eigenvalue weighted by atomic mass is 35.5. The number of aliphatic hydroxyl groups is 1. The van der Waals surface area contributed by atoms with E-state index in [-0.39, 0.29) is 11.1 Å². The minimum absolute atomic E-state index is 0.128. The molecule has 1 atom stereocenters. The molecular formula is C23H18ClNO6. The van der Waals surface area contributed by atoms with E-state index in [1.807, 2.05) is 0 Å². The molecule has 1 aromatic heterocycles. The van der Waals surface area contributed by atoms with Crippen LogP contribution in [0.2, 0.25) is 5.02 Å². The van der Waals surface area contributed by atoms with Gasteiger partial charge in [0.15, 0.2) is 0 Å². The van der Waals surface area contributed by atoms with Gasteiger partial charge < -0.3 is 19.0 Å². The van der Waals surface area contributed by atoms with E-state index in [0.29, 0.717) is 28.0 Å². The first-order valence-electron chi connectivity index (χ1n) is 9.28. The van der Waals surface area contributed by atoms with Crippen LogP contribution in [-0.2, 0) is 9.59 Å². The lowest BCUT2D eigenvalue weighted by molar-refractivity contribution is -0.132. The largest absolute Gasteiger partial charge is 0.507 e. The highest BCUT2D eigenvalue weighted by molar-refractivity contribution is 6.51. The highest BCUT2D eigenvalue weighted by Crippen LogP contribution is 2.43. The van der Waals surface area contributed by atoms with Crippen LogP contribution in [0.15, 0.2) is 70.9 Å². The predicted molar refractivity (Wildman–Crippen MR) is 114 cm³/mol. The number of anilines is 1. The molecule has 4 rings (SSSR count). The molecule has 158 valence electrons. The smallest absolute Gasteiger partial charge is 0.300 e. The number of carbonyl (C=O) groups is 2. The van der Waals surface area contributed by atoms with Gasteiger partial charge in [0.25, 0.3) is 11.7 Å². The van der Waals surface area contributed by atoms with E-state index in [2.05, 4.69) is 0 Å². The van der Waals surface area contributed by atoms with E-state index in [1.165, 1.54) is 31.4 Å². The summed E-state index contributed by atoms with van der Waals surface area (Å²) in [6, 6.07) is 13.6. The maximum atomic E-state index is 13.1. The molecule has 7 nitrogen and oxygen atoms in total. The fourth-order valence-corrected chi connectivity index (χ4v) is 3.74. The molecule has 2 heterocycles. The third-order valence-corrected chi connectivity index (χ3v) is 5.26. The van der Waals surface area contributed by atoms with Crippen LogP contribution in [0.4, 0.5) is 5.69 Å². The van der Waals surface area contributed by atoms with Crippen molar-refractivity contribution in [2.24, 2.45) is 0 Å². The number of methoxy groups -OCH3 is 2. The molecule has 1 saturated heterocycles. The van der Waals surface area contributed by atoms with Crippen molar-refractivity contribution in [2.75, 3.05) is 19.1 Å². The van der Waals surface area contributed by atoms with Crippen LogP contribution >= 0.6 is 11.6 Å². The molecule has 3 aromatic rings. The summed E-state index contributed by atoms with van der Waals surface area (Å²) in [4.78, 5) is 27.4. The lowest BCUT2D eigenvalue weighted by Gasteiger charge is -2.23. The number of hydrogen-bond acceptors (Lipinski definition) is 6. The van der Waals surface area contributed by atoms with E-state index >= 15 is 0 Å². The summed E-state index contributed by atoms with van der Waals surface area (Å²) in [6.45, 7) is 0. The van der Waals surface area contributed by atoms with Crippen molar-refractivity contribution in [3.8, 4) is 11.5 Å². The van der Waals surface area contributed by atoms with Gasteiger partial charge >= 0.3 is 0 Å². The SMILES string of the molecule is COc1ccc(N2C(=O)C(=O)/C(=C(\O)c3cc(Cl)ccc3OC)C2c2ccco2)cc1. The Kier molecular flexibility index (Phi) is 5.44. The number of aliphatic hydroxyl groups excluding tert-OH is 1. The summed E-state index contributed by atoms with van der Waals surface area (Å²) in [7, 11) is 2.96. The Morgan fingerprint density at radius 2 is 1.81 bits per heavy atom. The van der Waals surface area contributed by atoms with Crippen molar-refractivity contribution in [1.29, 1.82) is 0 Å². The van der Waals surface area contributed by atoms with Gasteiger partial charge in [-0.25, -0.2) is 0 Å². The van der Waals surface area contributed by atoms with Crippen LogP contribution in [0.25, 0.3) is 5.76 Å². The quantitative estimate of drug-likeness (QED) is 0.355. The Labute approximate surface area is 183 Å². The van der Waals surface area contributed by atoms with Gasteiger partial charge in [0.2, 0.25) is 0 Å². The summed E-state index contributed by atoms with van der Waals surface area (Å²) in [5.41, 5.74) is 0.511. The Balaban J connectivity index is 1.93. The third kappa shape index (κ3) is 3.53. The first kappa shape index (κ1) is 20.6. The van der Waals surface area contributed by atoms with Crippen LogP contribution in [0.3, 0.4) is 0 Å². The van der Waals surface area contributed by atoms with Crippen molar-refractivity contribution < 1.29 is 28.6 Å². The maximum Gasteiger partial charge on any atom is 0.300 e. The first-order valence-corrected chi connectivity index (χ1v) is 9.66. The predicted octanol–water partition coefficient (Wildman–Crippen LogP) is 4.58. The molecular weight excluding hydrogens is 422 g/mol. The molecule has 0 bridgehead atoms. The van der Waals surface area contributed by atoms with Crippen LogP contribution in [0, 0.1) is 0 Å². The molecule has 1 aliphatic heterocycles. The fraction of sp³-hybridized carbons (Fsp3) is 0.130. The number of amides is 1. The van der Waals surface area contributed by atoms with Crippen molar-refractivity contribution >= 4 is 34.7 Å². The molecule has 0 aliphatic carbocycles. The Morgan fingerprint density at radius 1 is 1.06 bits per heavy atom. The Bertz CT molecular complexity index is 1170. The number of ether oxygens (including phenoxy) is 2. The molecule has 0 spiro atoms. The van der Waals surface area contributed by atoms with Crippen molar-refractivity contribution in [1.82, 2.24) is 0 Å². The molecule has 31 heavy (non-hydrogen) atoms. The molecule has 8 heteroatoms. The fourth-order valence-electron chi connectivity index (χ4n) is 3.57. The number of furan rings is 1. The number of rotatable bonds is 5. The third-order valence-electron chi connectivity index (χ3n) is 5.02. The van der Waals surface area contributed by atoms with E-state index in [4.69, 9.17) is 25.5 Å². The van der Waals surface area contributed by atoms with Crippen LogP contribution < -0.4 is 14.4 Å². The minimum atomic E-state index is -0.980. The van der Waals surface area contributed by atoms with Crippen molar-refractivity contribution in [2.45, 2.75) is 6.04 Å². The lowest BCUT2D eigenvalue weighted by Crippen LogP contribution is -2.29. The average molecular weight is 440 g/mol. The van der Waals surface area contributed by atoms with Crippen LogP contribution in [0.5, 0.6) is 11.5 Å². The maximum absolute atomic E-state index is 13.1. The summed E-state index contributed by atoms with van der Waals surface area (Å²) in [5, 5.41) is 11.5. The first-order chi connectivity index (χ1) is 15.0. The minimum Gasteiger partial charge on any atom is -0.507 e.